The summed E-state index contributed by atoms with van der Waals surface area (Å²) in [5.41, 5.74) is 1.97. The predicted molar refractivity (Wildman–Crippen MR) is 89.1 cm³/mol. The third-order valence-corrected chi connectivity index (χ3v) is 4.55. The number of hydrogen-bond acceptors (Lipinski definition) is 2. The van der Waals surface area contributed by atoms with Crippen molar-refractivity contribution in [2.75, 3.05) is 19.6 Å². The summed E-state index contributed by atoms with van der Waals surface area (Å²) in [7, 11) is 0. The molecule has 0 bridgehead atoms. The van der Waals surface area contributed by atoms with Crippen LogP contribution in [0.25, 0.3) is 0 Å². The molecule has 2 rings (SSSR count). The summed E-state index contributed by atoms with van der Waals surface area (Å²) in [5.74, 6) is 0.616. The number of benzene rings is 1. The molecule has 3 nitrogen and oxygen atoms in total. The second kappa shape index (κ2) is 8.07. The molecule has 1 amide bonds. The first-order valence-electron chi connectivity index (χ1n) is 6.42. The second-order valence-corrected chi connectivity index (χ2v) is 6.05. The Kier molecular flexibility index (Phi) is 7.10. The van der Waals surface area contributed by atoms with Crippen molar-refractivity contribution in [2.24, 2.45) is 5.92 Å². The summed E-state index contributed by atoms with van der Waals surface area (Å²) >= 11 is 2.26. The molecule has 0 saturated carbocycles. The first kappa shape index (κ1) is 16.7. The molecule has 1 aliphatic rings. The molecule has 1 atom stereocenters. The smallest absolute Gasteiger partial charge is 0.251 e. The van der Waals surface area contributed by atoms with Crippen LogP contribution in [-0.2, 0) is 0 Å². The third-order valence-electron chi connectivity index (χ3n) is 3.38. The van der Waals surface area contributed by atoms with Crippen LogP contribution in [0.1, 0.15) is 28.8 Å². The van der Waals surface area contributed by atoms with E-state index in [9.17, 15) is 4.79 Å². The van der Waals surface area contributed by atoms with Crippen LogP contribution in [0.5, 0.6) is 0 Å². The SMILES string of the molecule is Cc1ccc(C(=O)NCC2CCCNC2)cc1I.Cl. The van der Waals surface area contributed by atoms with E-state index in [1.54, 1.807) is 0 Å². The van der Waals surface area contributed by atoms with E-state index >= 15 is 0 Å². The Balaban J connectivity index is 0.00000180. The molecule has 0 aliphatic carbocycles. The fourth-order valence-corrected chi connectivity index (χ4v) is 2.69. The lowest BCUT2D eigenvalue weighted by Gasteiger charge is -2.22. The molecule has 2 N–H and O–H groups in total. The fraction of sp³-hybridized carbons (Fsp3) is 0.500. The number of hydrogen-bond donors (Lipinski definition) is 2. The average Bonchev–Trinajstić information content (AvgIpc) is 2.40. The van der Waals surface area contributed by atoms with Crippen LogP contribution in [0.2, 0.25) is 0 Å². The monoisotopic (exact) mass is 394 g/mol. The quantitative estimate of drug-likeness (QED) is 0.774. The second-order valence-electron chi connectivity index (χ2n) is 4.89. The highest BCUT2D eigenvalue weighted by molar-refractivity contribution is 14.1. The van der Waals surface area contributed by atoms with E-state index in [4.69, 9.17) is 0 Å². The maximum absolute atomic E-state index is 12.0. The third kappa shape index (κ3) is 4.93. The molecule has 1 aromatic rings. The highest BCUT2D eigenvalue weighted by Crippen LogP contribution is 2.14. The van der Waals surface area contributed by atoms with Gasteiger partial charge in [-0.3, -0.25) is 4.79 Å². The molecular formula is C14H20ClIN2O. The number of amides is 1. The molecule has 106 valence electrons. The fourth-order valence-electron chi connectivity index (χ4n) is 2.17. The van der Waals surface area contributed by atoms with Crippen LogP contribution < -0.4 is 10.6 Å². The van der Waals surface area contributed by atoms with Crippen molar-refractivity contribution in [3.05, 3.63) is 32.9 Å². The Morgan fingerprint density at radius 2 is 2.32 bits per heavy atom. The van der Waals surface area contributed by atoms with Gasteiger partial charge in [0.05, 0.1) is 0 Å². The number of aryl methyl sites for hydroxylation is 1. The van der Waals surface area contributed by atoms with Gasteiger partial charge < -0.3 is 10.6 Å². The molecule has 1 saturated heterocycles. The van der Waals surface area contributed by atoms with E-state index in [0.717, 1.165) is 28.8 Å². The highest BCUT2D eigenvalue weighted by Gasteiger charge is 2.14. The van der Waals surface area contributed by atoms with Crippen LogP contribution >= 0.6 is 35.0 Å². The van der Waals surface area contributed by atoms with E-state index < -0.39 is 0 Å². The van der Waals surface area contributed by atoms with E-state index in [1.165, 1.54) is 18.4 Å². The van der Waals surface area contributed by atoms with Crippen molar-refractivity contribution < 1.29 is 4.79 Å². The lowest BCUT2D eigenvalue weighted by Crippen LogP contribution is -2.38. The van der Waals surface area contributed by atoms with E-state index in [-0.39, 0.29) is 18.3 Å². The molecule has 0 spiro atoms. The predicted octanol–water partition coefficient (Wildman–Crippen LogP) is 2.75. The lowest BCUT2D eigenvalue weighted by atomic mass is 9.99. The van der Waals surface area contributed by atoms with Crippen molar-refractivity contribution in [1.29, 1.82) is 0 Å². The van der Waals surface area contributed by atoms with Gasteiger partial charge in [-0.1, -0.05) is 6.07 Å². The summed E-state index contributed by atoms with van der Waals surface area (Å²) in [6.45, 7) is 4.96. The Hall–Kier alpha value is -0.330. The van der Waals surface area contributed by atoms with Gasteiger partial charge in [-0.25, -0.2) is 0 Å². The van der Waals surface area contributed by atoms with Crippen molar-refractivity contribution in [3.63, 3.8) is 0 Å². The zero-order valence-electron chi connectivity index (χ0n) is 11.0. The van der Waals surface area contributed by atoms with E-state index in [0.29, 0.717) is 5.92 Å². The number of carbonyl (C=O) groups excluding carboxylic acids is 1. The Labute approximate surface area is 134 Å². The number of nitrogens with one attached hydrogen (secondary N) is 2. The number of rotatable bonds is 3. The molecular weight excluding hydrogens is 375 g/mol. The van der Waals surface area contributed by atoms with Crippen LogP contribution in [0.4, 0.5) is 0 Å². The minimum absolute atomic E-state index is 0. The normalized spacial score (nSPS) is 18.5. The highest BCUT2D eigenvalue weighted by atomic mass is 127. The van der Waals surface area contributed by atoms with Crippen molar-refractivity contribution in [2.45, 2.75) is 19.8 Å². The number of piperidine rings is 1. The largest absolute Gasteiger partial charge is 0.352 e. The molecule has 0 aromatic heterocycles. The molecule has 1 aromatic carbocycles. The van der Waals surface area contributed by atoms with Crippen molar-refractivity contribution >= 4 is 40.9 Å². The van der Waals surface area contributed by atoms with Gasteiger partial charge in [0.2, 0.25) is 0 Å². The molecule has 5 heteroatoms. The van der Waals surface area contributed by atoms with Gasteiger partial charge in [0, 0.05) is 15.7 Å². The lowest BCUT2D eigenvalue weighted by molar-refractivity contribution is 0.0945. The minimum atomic E-state index is 0. The van der Waals surface area contributed by atoms with Gasteiger partial charge in [-0.05, 0) is 79.1 Å². The van der Waals surface area contributed by atoms with Gasteiger partial charge >= 0.3 is 0 Å². The summed E-state index contributed by atoms with van der Waals surface area (Å²) in [6, 6.07) is 5.84. The van der Waals surface area contributed by atoms with Crippen LogP contribution in [0, 0.1) is 16.4 Å². The Bertz CT molecular complexity index is 433. The Morgan fingerprint density at radius 3 is 2.95 bits per heavy atom. The van der Waals surface area contributed by atoms with E-state index in [2.05, 4.69) is 40.1 Å². The first-order chi connectivity index (χ1) is 8.66. The standard InChI is InChI=1S/C14H19IN2O.ClH/c1-10-4-5-12(7-13(10)15)14(18)17-9-11-3-2-6-16-8-11;/h4-5,7,11,16H,2-3,6,8-9H2,1H3,(H,17,18);1H. The number of carbonyl (C=O) groups is 1. The maximum atomic E-state index is 12.0. The maximum Gasteiger partial charge on any atom is 0.251 e. The average molecular weight is 395 g/mol. The number of halogens is 2. The van der Waals surface area contributed by atoms with Gasteiger partial charge in [-0.15, -0.1) is 12.4 Å². The topological polar surface area (TPSA) is 41.1 Å². The van der Waals surface area contributed by atoms with E-state index in [1.807, 2.05) is 18.2 Å². The van der Waals surface area contributed by atoms with Crippen LogP contribution in [0.3, 0.4) is 0 Å². The zero-order valence-corrected chi connectivity index (χ0v) is 14.0. The summed E-state index contributed by atoms with van der Waals surface area (Å²) in [6.07, 6.45) is 2.42. The minimum Gasteiger partial charge on any atom is -0.352 e. The van der Waals surface area contributed by atoms with Gasteiger partial charge in [-0.2, -0.15) is 0 Å². The Morgan fingerprint density at radius 1 is 1.53 bits per heavy atom. The summed E-state index contributed by atoms with van der Waals surface area (Å²) in [4.78, 5) is 12.0. The zero-order chi connectivity index (χ0) is 13.0. The molecule has 1 heterocycles. The molecule has 19 heavy (non-hydrogen) atoms. The van der Waals surface area contributed by atoms with Crippen LogP contribution in [0.15, 0.2) is 18.2 Å². The summed E-state index contributed by atoms with van der Waals surface area (Å²) in [5, 5.41) is 6.40. The molecule has 1 aliphatic heterocycles. The summed E-state index contributed by atoms with van der Waals surface area (Å²) < 4.78 is 1.14. The van der Waals surface area contributed by atoms with Gasteiger partial charge in [0.25, 0.3) is 5.91 Å². The van der Waals surface area contributed by atoms with Crippen molar-refractivity contribution in [1.82, 2.24) is 10.6 Å². The van der Waals surface area contributed by atoms with Crippen molar-refractivity contribution in [3.8, 4) is 0 Å². The molecule has 1 unspecified atom stereocenters. The molecule has 0 radical (unpaired) electrons. The van der Waals surface area contributed by atoms with Gasteiger partial charge in [0.1, 0.15) is 0 Å². The van der Waals surface area contributed by atoms with Crippen LogP contribution in [-0.4, -0.2) is 25.5 Å². The molecule has 1 fully saturated rings. The first-order valence-corrected chi connectivity index (χ1v) is 7.50. The van der Waals surface area contributed by atoms with Gasteiger partial charge in [0.15, 0.2) is 0 Å².